The highest BCUT2D eigenvalue weighted by Crippen LogP contribution is 2.42. The summed E-state index contributed by atoms with van der Waals surface area (Å²) in [4.78, 5) is 7.10. The second kappa shape index (κ2) is 5.32. The van der Waals surface area contributed by atoms with Crippen LogP contribution in [0.2, 0.25) is 0 Å². The van der Waals surface area contributed by atoms with Crippen molar-refractivity contribution in [2.45, 2.75) is 30.9 Å². The van der Waals surface area contributed by atoms with Crippen LogP contribution in [0.1, 0.15) is 25.7 Å². The number of amidine groups is 1. The largest absolute Gasteiger partial charge is 0.372 e. The van der Waals surface area contributed by atoms with Gasteiger partial charge in [-0.05, 0) is 55.9 Å². The zero-order valence-electron chi connectivity index (χ0n) is 11.7. The number of benzene rings is 1. The first-order valence-corrected chi connectivity index (χ1v) is 8.59. The second-order valence-corrected chi connectivity index (χ2v) is 7.23. The maximum Gasteiger partial charge on any atom is 0.161 e. The maximum absolute atomic E-state index is 4.63. The van der Waals surface area contributed by atoms with E-state index in [2.05, 4.69) is 39.5 Å². The van der Waals surface area contributed by atoms with Gasteiger partial charge in [0.1, 0.15) is 0 Å². The molecule has 3 aliphatic rings. The van der Waals surface area contributed by atoms with Gasteiger partial charge in [0.25, 0.3) is 0 Å². The molecule has 2 heterocycles. The summed E-state index contributed by atoms with van der Waals surface area (Å²) in [5.41, 5.74) is 2.51. The van der Waals surface area contributed by atoms with Crippen LogP contribution in [0.15, 0.2) is 29.3 Å². The number of nitrogens with one attached hydrogen (secondary N) is 1. The molecule has 1 N–H and O–H groups in total. The van der Waals surface area contributed by atoms with Gasteiger partial charge in [-0.15, -0.1) is 0 Å². The summed E-state index contributed by atoms with van der Waals surface area (Å²) in [7, 11) is 0. The Morgan fingerprint density at radius 3 is 2.55 bits per heavy atom. The van der Waals surface area contributed by atoms with Gasteiger partial charge in [0, 0.05) is 29.7 Å². The molecule has 0 aromatic heterocycles. The third kappa shape index (κ3) is 2.66. The SMILES string of the molecule is c1cc(N2CCCC2)ccc1NC1=NCC(C2CC2)S1. The molecule has 4 heteroatoms. The number of aliphatic imine (C=N–C) groups is 1. The molecule has 0 bridgehead atoms. The van der Waals surface area contributed by atoms with E-state index >= 15 is 0 Å². The van der Waals surface area contributed by atoms with E-state index in [1.807, 2.05) is 11.8 Å². The lowest BCUT2D eigenvalue weighted by Crippen LogP contribution is -2.17. The highest BCUT2D eigenvalue weighted by atomic mass is 32.2. The molecule has 2 fully saturated rings. The molecule has 1 saturated heterocycles. The Morgan fingerprint density at radius 1 is 1.10 bits per heavy atom. The van der Waals surface area contributed by atoms with Gasteiger partial charge in [0.15, 0.2) is 5.17 Å². The van der Waals surface area contributed by atoms with E-state index in [9.17, 15) is 0 Å². The zero-order chi connectivity index (χ0) is 13.4. The van der Waals surface area contributed by atoms with Crippen molar-refractivity contribution >= 4 is 28.3 Å². The summed E-state index contributed by atoms with van der Waals surface area (Å²) in [6.07, 6.45) is 5.47. The van der Waals surface area contributed by atoms with Gasteiger partial charge in [0.05, 0.1) is 6.54 Å². The summed E-state index contributed by atoms with van der Waals surface area (Å²) in [5.74, 6) is 0.931. The summed E-state index contributed by atoms with van der Waals surface area (Å²) in [5, 5.41) is 5.31. The minimum Gasteiger partial charge on any atom is -0.372 e. The van der Waals surface area contributed by atoms with Gasteiger partial charge in [-0.2, -0.15) is 0 Å². The van der Waals surface area contributed by atoms with Crippen LogP contribution in [-0.2, 0) is 0 Å². The number of hydrogen-bond donors (Lipinski definition) is 1. The third-order valence-electron chi connectivity index (χ3n) is 4.42. The van der Waals surface area contributed by atoms with E-state index in [0.29, 0.717) is 0 Å². The van der Waals surface area contributed by atoms with Gasteiger partial charge < -0.3 is 10.2 Å². The lowest BCUT2D eigenvalue weighted by atomic mass is 10.2. The Bertz CT molecular complexity index is 501. The van der Waals surface area contributed by atoms with Crippen molar-refractivity contribution in [3.8, 4) is 0 Å². The van der Waals surface area contributed by atoms with Gasteiger partial charge in [-0.25, -0.2) is 0 Å². The van der Waals surface area contributed by atoms with Crippen molar-refractivity contribution in [1.82, 2.24) is 0 Å². The molecular formula is C16H21N3S. The van der Waals surface area contributed by atoms with Gasteiger partial charge in [0.2, 0.25) is 0 Å². The smallest absolute Gasteiger partial charge is 0.161 e. The Morgan fingerprint density at radius 2 is 1.85 bits per heavy atom. The summed E-state index contributed by atoms with van der Waals surface area (Å²) >= 11 is 1.93. The van der Waals surface area contributed by atoms with E-state index in [1.165, 1.54) is 44.5 Å². The molecule has 0 amide bonds. The van der Waals surface area contributed by atoms with Crippen molar-refractivity contribution in [3.05, 3.63) is 24.3 Å². The van der Waals surface area contributed by atoms with E-state index in [1.54, 1.807) is 0 Å². The minimum atomic E-state index is 0.737. The van der Waals surface area contributed by atoms with Gasteiger partial charge in [-0.1, -0.05) is 11.8 Å². The van der Waals surface area contributed by atoms with E-state index in [4.69, 9.17) is 0 Å². The fourth-order valence-corrected chi connectivity index (χ4v) is 4.25. The quantitative estimate of drug-likeness (QED) is 0.921. The standard InChI is InChI=1S/C16H21N3S/c1-2-10-19(9-1)14-7-5-13(6-8-14)18-16-17-11-15(20-16)12-3-4-12/h5-8,12,15H,1-4,9-11H2,(H,17,18). The molecule has 1 saturated carbocycles. The van der Waals surface area contributed by atoms with Crippen molar-refractivity contribution in [3.63, 3.8) is 0 Å². The van der Waals surface area contributed by atoms with Crippen molar-refractivity contribution in [1.29, 1.82) is 0 Å². The van der Waals surface area contributed by atoms with Crippen LogP contribution in [0, 0.1) is 5.92 Å². The lowest BCUT2D eigenvalue weighted by Gasteiger charge is -2.18. The van der Waals surface area contributed by atoms with Crippen LogP contribution in [0.4, 0.5) is 11.4 Å². The zero-order valence-corrected chi connectivity index (χ0v) is 12.5. The molecule has 4 rings (SSSR count). The predicted octanol–water partition coefficient (Wildman–Crippen LogP) is 3.58. The number of nitrogens with zero attached hydrogens (tertiary/aromatic N) is 2. The molecule has 0 radical (unpaired) electrons. The normalized spacial score (nSPS) is 25.9. The Labute approximate surface area is 124 Å². The van der Waals surface area contributed by atoms with Crippen LogP contribution >= 0.6 is 11.8 Å². The number of anilines is 2. The Balaban J connectivity index is 1.37. The molecule has 1 atom stereocenters. The van der Waals surface area contributed by atoms with Crippen LogP contribution in [-0.4, -0.2) is 30.1 Å². The molecule has 1 unspecified atom stereocenters. The van der Waals surface area contributed by atoms with Crippen LogP contribution in [0.5, 0.6) is 0 Å². The predicted molar refractivity (Wildman–Crippen MR) is 87.9 cm³/mol. The number of thioether (sulfide) groups is 1. The molecule has 106 valence electrons. The first-order chi connectivity index (χ1) is 9.88. The molecule has 1 aromatic rings. The lowest BCUT2D eigenvalue weighted by molar-refractivity contribution is 0.773. The minimum absolute atomic E-state index is 0.737. The summed E-state index contributed by atoms with van der Waals surface area (Å²) < 4.78 is 0. The first kappa shape index (κ1) is 12.6. The average Bonchev–Trinajstić information content (AvgIpc) is 3.00. The van der Waals surface area contributed by atoms with E-state index in [-0.39, 0.29) is 0 Å². The highest BCUT2D eigenvalue weighted by molar-refractivity contribution is 8.15. The fourth-order valence-electron chi connectivity index (χ4n) is 3.03. The highest BCUT2D eigenvalue weighted by Gasteiger charge is 2.35. The Hall–Kier alpha value is -1.16. The molecule has 0 spiro atoms. The van der Waals surface area contributed by atoms with Crippen molar-refractivity contribution in [2.24, 2.45) is 10.9 Å². The first-order valence-electron chi connectivity index (χ1n) is 7.72. The monoisotopic (exact) mass is 287 g/mol. The van der Waals surface area contributed by atoms with Crippen molar-refractivity contribution in [2.75, 3.05) is 29.9 Å². The second-order valence-electron chi connectivity index (χ2n) is 6.01. The van der Waals surface area contributed by atoms with Crippen LogP contribution in [0.25, 0.3) is 0 Å². The summed E-state index contributed by atoms with van der Waals surface area (Å²) in [6.45, 7) is 3.42. The van der Waals surface area contributed by atoms with Crippen LogP contribution < -0.4 is 10.2 Å². The average molecular weight is 287 g/mol. The molecule has 20 heavy (non-hydrogen) atoms. The molecular weight excluding hydrogens is 266 g/mol. The van der Waals surface area contributed by atoms with Crippen molar-refractivity contribution < 1.29 is 0 Å². The van der Waals surface area contributed by atoms with E-state index < -0.39 is 0 Å². The Kier molecular flexibility index (Phi) is 3.34. The third-order valence-corrected chi connectivity index (χ3v) is 5.71. The van der Waals surface area contributed by atoms with E-state index in [0.717, 1.165) is 28.6 Å². The van der Waals surface area contributed by atoms with Crippen LogP contribution in [0.3, 0.4) is 0 Å². The number of hydrogen-bond acceptors (Lipinski definition) is 4. The molecule has 2 aliphatic heterocycles. The maximum atomic E-state index is 4.63. The number of rotatable bonds is 3. The topological polar surface area (TPSA) is 27.6 Å². The summed E-state index contributed by atoms with van der Waals surface area (Å²) in [6, 6.07) is 8.82. The fraction of sp³-hybridized carbons (Fsp3) is 0.562. The molecule has 1 aromatic carbocycles. The molecule has 3 nitrogen and oxygen atoms in total. The van der Waals surface area contributed by atoms with Gasteiger partial charge in [-0.3, -0.25) is 4.99 Å². The molecule has 1 aliphatic carbocycles. The van der Waals surface area contributed by atoms with Gasteiger partial charge >= 0.3 is 0 Å².